The Hall–Kier alpha value is -0.870. The first kappa shape index (κ1) is 36.1. The highest BCUT2D eigenvalue weighted by molar-refractivity contribution is 5.69. The molecule has 0 rings (SSSR count). The fourth-order valence-corrected chi connectivity index (χ4v) is 4.62. The summed E-state index contributed by atoms with van der Waals surface area (Å²) in [7, 11) is 0. The fourth-order valence-electron chi connectivity index (χ4n) is 4.62. The van der Waals surface area contributed by atoms with Gasteiger partial charge in [0.1, 0.15) is 6.10 Å². The predicted molar refractivity (Wildman–Crippen MR) is 159 cm³/mol. The van der Waals surface area contributed by atoms with Crippen molar-refractivity contribution >= 4 is 5.97 Å². The summed E-state index contributed by atoms with van der Waals surface area (Å²) in [6.45, 7) is 5.33. The van der Waals surface area contributed by atoms with E-state index in [1.54, 1.807) is 0 Å². The van der Waals surface area contributed by atoms with Crippen molar-refractivity contribution in [2.24, 2.45) is 0 Å². The maximum absolute atomic E-state index is 12.1. The van der Waals surface area contributed by atoms with Crippen LogP contribution in [0.25, 0.3) is 0 Å². The molecule has 0 spiro atoms. The quantitative estimate of drug-likeness (QED) is 0.0577. The number of rotatable bonds is 30. The molecule has 4 nitrogen and oxygen atoms in total. The van der Waals surface area contributed by atoms with E-state index in [0.717, 1.165) is 19.3 Å². The Kier molecular flexibility index (Phi) is 30.6. The van der Waals surface area contributed by atoms with E-state index in [1.807, 2.05) is 0 Å². The van der Waals surface area contributed by atoms with Crippen molar-refractivity contribution in [1.82, 2.24) is 0 Å². The van der Waals surface area contributed by atoms with E-state index in [1.165, 1.54) is 128 Å². The average Bonchev–Trinajstić information content (AvgIpc) is 2.90. The molecule has 4 heteroatoms. The van der Waals surface area contributed by atoms with Gasteiger partial charge in [0.25, 0.3) is 0 Å². The zero-order valence-electron chi connectivity index (χ0n) is 25.0. The number of hydrogen-bond donors (Lipinski definition) is 1. The zero-order chi connectivity index (χ0) is 27.1. The van der Waals surface area contributed by atoms with Gasteiger partial charge in [-0.15, -0.1) is 0 Å². The fraction of sp³-hybridized carbons (Fsp3) is 0.909. The molecule has 0 amide bonds. The summed E-state index contributed by atoms with van der Waals surface area (Å²) in [6, 6.07) is 0. The molecule has 0 saturated heterocycles. The van der Waals surface area contributed by atoms with E-state index in [2.05, 4.69) is 26.0 Å². The third kappa shape index (κ3) is 29.5. The van der Waals surface area contributed by atoms with Crippen LogP contribution >= 0.6 is 0 Å². The van der Waals surface area contributed by atoms with Crippen LogP contribution < -0.4 is 0 Å². The first-order chi connectivity index (χ1) is 18.2. The van der Waals surface area contributed by atoms with Crippen molar-refractivity contribution in [2.45, 2.75) is 174 Å². The number of aliphatic hydroxyl groups excluding tert-OH is 1. The van der Waals surface area contributed by atoms with E-state index >= 15 is 0 Å². The highest BCUT2D eigenvalue weighted by atomic mass is 16.6. The molecule has 0 aliphatic heterocycles. The standard InChI is InChI=1S/C33H64O4/c1-3-5-7-9-11-13-15-16-17-18-20-22-24-26-28-33(35)37-32(30-34)31-36-29-27-25-23-21-19-14-12-10-8-6-4-2/h15-16,32,34H,3-14,17-31H2,1-2H3/b16-15-. The first-order valence-electron chi connectivity index (χ1n) is 16.3. The molecule has 0 radical (unpaired) electrons. The van der Waals surface area contributed by atoms with Crippen LogP contribution in [0.3, 0.4) is 0 Å². The smallest absolute Gasteiger partial charge is 0.306 e. The van der Waals surface area contributed by atoms with Gasteiger partial charge in [-0.05, 0) is 38.5 Å². The van der Waals surface area contributed by atoms with Gasteiger partial charge in [-0.1, -0.05) is 135 Å². The van der Waals surface area contributed by atoms with E-state index < -0.39 is 6.10 Å². The zero-order valence-corrected chi connectivity index (χ0v) is 25.0. The molecule has 0 aromatic heterocycles. The maximum Gasteiger partial charge on any atom is 0.306 e. The SMILES string of the molecule is CCCCCCC/C=C\CCCCCCCC(=O)OC(CO)COCCCCCCCCCCCCC. The minimum absolute atomic E-state index is 0.170. The molecule has 1 unspecified atom stereocenters. The van der Waals surface area contributed by atoms with Crippen LogP contribution in [0.4, 0.5) is 0 Å². The molecular weight excluding hydrogens is 460 g/mol. The van der Waals surface area contributed by atoms with Crippen molar-refractivity contribution in [2.75, 3.05) is 19.8 Å². The van der Waals surface area contributed by atoms with Crippen LogP contribution in [0.5, 0.6) is 0 Å². The Bertz CT molecular complexity index is 477. The molecule has 37 heavy (non-hydrogen) atoms. The van der Waals surface area contributed by atoms with Crippen molar-refractivity contribution in [3.05, 3.63) is 12.2 Å². The lowest BCUT2D eigenvalue weighted by atomic mass is 10.1. The Labute approximate surface area is 231 Å². The molecule has 220 valence electrons. The number of unbranched alkanes of at least 4 members (excludes halogenated alkanes) is 20. The molecule has 0 bridgehead atoms. The third-order valence-corrected chi connectivity index (χ3v) is 7.09. The largest absolute Gasteiger partial charge is 0.457 e. The minimum atomic E-state index is -0.529. The molecule has 1 N–H and O–H groups in total. The van der Waals surface area contributed by atoms with Crippen LogP contribution in [0.15, 0.2) is 12.2 Å². The summed E-state index contributed by atoms with van der Waals surface area (Å²) in [5, 5.41) is 9.50. The lowest BCUT2D eigenvalue weighted by Gasteiger charge is -2.15. The van der Waals surface area contributed by atoms with Crippen LogP contribution in [0.1, 0.15) is 168 Å². The molecule has 0 fully saturated rings. The van der Waals surface area contributed by atoms with Crippen molar-refractivity contribution in [3.8, 4) is 0 Å². The number of carbonyl (C=O) groups excluding carboxylic acids is 1. The topological polar surface area (TPSA) is 55.8 Å². The lowest BCUT2D eigenvalue weighted by Crippen LogP contribution is -2.27. The molecule has 1 atom stereocenters. The minimum Gasteiger partial charge on any atom is -0.457 e. The summed E-state index contributed by atoms with van der Waals surface area (Å²) < 4.78 is 11.1. The number of carbonyl (C=O) groups is 1. The van der Waals surface area contributed by atoms with E-state index in [9.17, 15) is 9.90 Å². The van der Waals surface area contributed by atoms with Crippen LogP contribution in [0, 0.1) is 0 Å². The molecule has 0 aromatic rings. The van der Waals surface area contributed by atoms with Gasteiger partial charge < -0.3 is 14.6 Å². The van der Waals surface area contributed by atoms with Gasteiger partial charge in [-0.25, -0.2) is 0 Å². The number of aliphatic hydroxyl groups is 1. The summed E-state index contributed by atoms with van der Waals surface area (Å²) in [6.07, 6.45) is 33.8. The molecule has 0 saturated carbocycles. The predicted octanol–water partition coefficient (Wildman–Crippen LogP) is 9.87. The summed E-state index contributed by atoms with van der Waals surface area (Å²) >= 11 is 0. The van der Waals surface area contributed by atoms with Gasteiger partial charge in [0.05, 0.1) is 13.2 Å². The summed E-state index contributed by atoms with van der Waals surface area (Å²) in [4.78, 5) is 12.1. The van der Waals surface area contributed by atoms with E-state index in [4.69, 9.17) is 9.47 Å². The van der Waals surface area contributed by atoms with E-state index in [0.29, 0.717) is 19.6 Å². The van der Waals surface area contributed by atoms with Gasteiger partial charge in [-0.3, -0.25) is 4.79 Å². The Balaban J connectivity index is 3.45. The van der Waals surface area contributed by atoms with Gasteiger partial charge >= 0.3 is 5.97 Å². The second kappa shape index (κ2) is 31.3. The Morgan fingerprint density at radius 2 is 1.05 bits per heavy atom. The number of allylic oxidation sites excluding steroid dienone is 2. The number of esters is 1. The monoisotopic (exact) mass is 524 g/mol. The molecule has 0 heterocycles. The molecule has 0 aromatic carbocycles. The number of hydrogen-bond acceptors (Lipinski definition) is 4. The second-order valence-corrected chi connectivity index (χ2v) is 10.9. The normalized spacial score (nSPS) is 12.4. The molecule has 0 aliphatic carbocycles. The summed E-state index contributed by atoms with van der Waals surface area (Å²) in [5.74, 6) is -0.209. The Morgan fingerprint density at radius 3 is 1.54 bits per heavy atom. The van der Waals surface area contributed by atoms with Crippen molar-refractivity contribution in [1.29, 1.82) is 0 Å². The van der Waals surface area contributed by atoms with Gasteiger partial charge in [0, 0.05) is 13.0 Å². The van der Waals surface area contributed by atoms with Crippen LogP contribution in [0.2, 0.25) is 0 Å². The highest BCUT2D eigenvalue weighted by Gasteiger charge is 2.13. The van der Waals surface area contributed by atoms with Crippen molar-refractivity contribution in [3.63, 3.8) is 0 Å². The summed E-state index contributed by atoms with van der Waals surface area (Å²) in [5.41, 5.74) is 0. The van der Waals surface area contributed by atoms with Gasteiger partial charge in [0.2, 0.25) is 0 Å². The van der Waals surface area contributed by atoms with Crippen molar-refractivity contribution < 1.29 is 19.4 Å². The first-order valence-corrected chi connectivity index (χ1v) is 16.3. The number of ether oxygens (including phenoxy) is 2. The van der Waals surface area contributed by atoms with Crippen LogP contribution in [-0.4, -0.2) is 37.0 Å². The second-order valence-electron chi connectivity index (χ2n) is 10.9. The highest BCUT2D eigenvalue weighted by Crippen LogP contribution is 2.12. The Morgan fingerprint density at radius 1 is 0.622 bits per heavy atom. The molecular formula is C33H64O4. The third-order valence-electron chi connectivity index (χ3n) is 7.09. The van der Waals surface area contributed by atoms with Crippen LogP contribution in [-0.2, 0) is 14.3 Å². The maximum atomic E-state index is 12.1. The average molecular weight is 525 g/mol. The van der Waals surface area contributed by atoms with Gasteiger partial charge in [0.15, 0.2) is 0 Å². The van der Waals surface area contributed by atoms with E-state index in [-0.39, 0.29) is 12.6 Å². The molecule has 0 aliphatic rings. The van der Waals surface area contributed by atoms with Gasteiger partial charge in [-0.2, -0.15) is 0 Å². The lowest BCUT2D eigenvalue weighted by molar-refractivity contribution is -0.154.